The van der Waals surface area contributed by atoms with E-state index in [9.17, 15) is 8.60 Å². The molecule has 1 saturated carbocycles. The molecule has 24 heavy (non-hydrogen) atoms. The Labute approximate surface area is 146 Å². The molecule has 1 saturated heterocycles. The molecule has 2 aliphatic rings. The van der Waals surface area contributed by atoms with Crippen LogP contribution in [-0.4, -0.2) is 33.7 Å². The van der Waals surface area contributed by atoms with Crippen molar-refractivity contribution >= 4 is 10.8 Å². The summed E-state index contributed by atoms with van der Waals surface area (Å²) in [5.74, 6) is -0.155. The predicted octanol–water partition coefficient (Wildman–Crippen LogP) is 3.93. The number of hydrogen-bond donors (Lipinski definition) is 0. The zero-order chi connectivity index (χ0) is 17.4. The van der Waals surface area contributed by atoms with Crippen LogP contribution in [0.5, 0.6) is 0 Å². The number of ether oxygens (including phenoxy) is 2. The third kappa shape index (κ3) is 3.58. The van der Waals surface area contributed by atoms with E-state index in [1.807, 2.05) is 26.8 Å². The van der Waals surface area contributed by atoms with Crippen molar-refractivity contribution in [3.63, 3.8) is 0 Å². The molecule has 0 radical (unpaired) electrons. The van der Waals surface area contributed by atoms with Crippen molar-refractivity contribution < 1.29 is 18.1 Å². The van der Waals surface area contributed by atoms with E-state index in [2.05, 4.69) is 0 Å². The van der Waals surface area contributed by atoms with Crippen LogP contribution >= 0.6 is 0 Å². The molecule has 0 N–H and O–H groups in total. The van der Waals surface area contributed by atoms with Crippen molar-refractivity contribution in [2.45, 2.75) is 62.4 Å². The summed E-state index contributed by atoms with van der Waals surface area (Å²) in [7, 11) is -0.998. The van der Waals surface area contributed by atoms with Gasteiger partial charge in [0.05, 0.1) is 13.2 Å². The summed E-state index contributed by atoms with van der Waals surface area (Å²) in [6, 6.07) is 6.79. The highest BCUT2D eigenvalue weighted by Crippen LogP contribution is 2.47. The fraction of sp³-hybridized carbons (Fsp3) is 0.684. The first-order chi connectivity index (χ1) is 11.2. The van der Waals surface area contributed by atoms with Gasteiger partial charge < -0.3 is 9.47 Å². The first kappa shape index (κ1) is 18.0. The molecule has 1 unspecified atom stereocenters. The van der Waals surface area contributed by atoms with Crippen LogP contribution in [-0.2, 0) is 25.7 Å². The molecule has 1 aliphatic heterocycles. The molecule has 3 rings (SSSR count). The van der Waals surface area contributed by atoms with Gasteiger partial charge in [0.1, 0.15) is 5.82 Å². The lowest BCUT2D eigenvalue weighted by Gasteiger charge is -2.44. The highest BCUT2D eigenvalue weighted by Gasteiger charge is 2.48. The Hall–Kier alpha value is -0.780. The summed E-state index contributed by atoms with van der Waals surface area (Å²) < 4.78 is 38.1. The summed E-state index contributed by atoms with van der Waals surface area (Å²) in [5, 5.41) is 0. The molecular weight excluding hydrogens is 327 g/mol. The predicted molar refractivity (Wildman–Crippen MR) is 93.9 cm³/mol. The Bertz CT molecular complexity index is 607. The van der Waals surface area contributed by atoms with Gasteiger partial charge in [-0.15, -0.1) is 0 Å². The van der Waals surface area contributed by atoms with Crippen LogP contribution in [0.2, 0.25) is 0 Å². The average molecular weight is 354 g/mol. The second-order valence-corrected chi connectivity index (χ2v) is 10.2. The van der Waals surface area contributed by atoms with Crippen molar-refractivity contribution in [2.24, 2.45) is 0 Å². The minimum absolute atomic E-state index is 0.234. The summed E-state index contributed by atoms with van der Waals surface area (Å²) in [6.07, 6.45) is 3.15. The van der Waals surface area contributed by atoms with Crippen LogP contribution in [0.15, 0.2) is 24.3 Å². The fourth-order valence-electron chi connectivity index (χ4n) is 3.70. The summed E-state index contributed by atoms with van der Waals surface area (Å²) >= 11 is 0. The van der Waals surface area contributed by atoms with Crippen molar-refractivity contribution in [3.8, 4) is 0 Å². The van der Waals surface area contributed by atoms with Gasteiger partial charge in [0.15, 0.2) is 5.79 Å². The van der Waals surface area contributed by atoms with E-state index in [-0.39, 0.29) is 16.0 Å². The van der Waals surface area contributed by atoms with Crippen molar-refractivity contribution in [1.29, 1.82) is 0 Å². The van der Waals surface area contributed by atoms with Crippen LogP contribution in [0.25, 0.3) is 0 Å². The van der Waals surface area contributed by atoms with Gasteiger partial charge in [-0.25, -0.2) is 4.39 Å². The molecule has 1 spiro atoms. The molecule has 1 aromatic carbocycles. The zero-order valence-corrected chi connectivity index (χ0v) is 15.6. The van der Waals surface area contributed by atoms with Crippen molar-refractivity contribution in [1.82, 2.24) is 0 Å². The van der Waals surface area contributed by atoms with Crippen LogP contribution in [0, 0.1) is 5.82 Å². The molecule has 1 atom stereocenters. The maximum atomic E-state index is 13.8. The van der Waals surface area contributed by atoms with E-state index in [1.165, 1.54) is 6.07 Å². The maximum Gasteiger partial charge on any atom is 0.168 e. The second-order valence-electron chi connectivity index (χ2n) is 8.00. The molecule has 0 amide bonds. The van der Waals surface area contributed by atoms with Crippen LogP contribution in [0.1, 0.15) is 52.0 Å². The van der Waals surface area contributed by atoms with Gasteiger partial charge in [-0.05, 0) is 51.3 Å². The zero-order valence-electron chi connectivity index (χ0n) is 14.8. The van der Waals surface area contributed by atoms with Gasteiger partial charge in [0.25, 0.3) is 0 Å². The molecule has 0 bridgehead atoms. The average Bonchev–Trinajstić information content (AvgIpc) is 2.98. The summed E-state index contributed by atoms with van der Waals surface area (Å²) in [6.45, 7) is 7.27. The van der Waals surface area contributed by atoms with Crippen molar-refractivity contribution in [2.75, 3.05) is 19.0 Å². The molecule has 3 nitrogen and oxygen atoms in total. The number of hydrogen-bond acceptors (Lipinski definition) is 3. The topological polar surface area (TPSA) is 35.5 Å². The molecule has 1 aliphatic carbocycles. The molecule has 134 valence electrons. The molecular formula is C19H27FO3S. The number of halogens is 1. The van der Waals surface area contributed by atoms with Gasteiger partial charge in [-0.3, -0.25) is 4.21 Å². The molecule has 5 heteroatoms. The lowest BCUT2D eigenvalue weighted by Crippen LogP contribution is -2.46. The van der Waals surface area contributed by atoms with Crippen LogP contribution in [0.4, 0.5) is 4.39 Å². The standard InChI is InChI=1S/C19H27FO3S/c1-17(2,3)24(21)14-18(15-5-4-6-16(20)13-15)7-9-19(10-8-18)22-11-12-23-19/h4-6,13H,7-12,14H2,1-3H3. The first-order valence-electron chi connectivity index (χ1n) is 8.67. The molecule has 1 heterocycles. The van der Waals surface area contributed by atoms with Gasteiger partial charge >= 0.3 is 0 Å². The first-order valence-corrected chi connectivity index (χ1v) is 9.99. The minimum atomic E-state index is -0.998. The molecule has 1 aromatic rings. The Morgan fingerprint density at radius 2 is 1.75 bits per heavy atom. The van der Waals surface area contributed by atoms with Gasteiger partial charge in [0, 0.05) is 39.6 Å². The third-order valence-electron chi connectivity index (χ3n) is 5.31. The lowest BCUT2D eigenvalue weighted by atomic mass is 9.69. The van der Waals surface area contributed by atoms with Crippen LogP contribution < -0.4 is 0 Å². The number of rotatable bonds is 3. The lowest BCUT2D eigenvalue weighted by molar-refractivity contribution is -0.184. The van der Waals surface area contributed by atoms with Gasteiger partial charge in [-0.2, -0.15) is 0 Å². The quantitative estimate of drug-likeness (QED) is 0.825. The Balaban J connectivity index is 1.89. The summed E-state index contributed by atoms with van der Waals surface area (Å²) in [5.41, 5.74) is 0.675. The smallest absolute Gasteiger partial charge is 0.168 e. The van der Waals surface area contributed by atoms with E-state index < -0.39 is 16.6 Å². The van der Waals surface area contributed by atoms with Gasteiger partial charge in [0.2, 0.25) is 0 Å². The molecule has 0 aromatic heterocycles. The normalized spacial score (nSPS) is 24.2. The monoisotopic (exact) mass is 354 g/mol. The van der Waals surface area contributed by atoms with E-state index in [4.69, 9.17) is 9.47 Å². The number of benzene rings is 1. The van der Waals surface area contributed by atoms with E-state index >= 15 is 0 Å². The fourth-order valence-corrected chi connectivity index (χ4v) is 5.09. The SMILES string of the molecule is CC(C)(C)S(=O)CC1(c2cccc(F)c2)CCC2(CC1)OCCO2. The summed E-state index contributed by atoms with van der Waals surface area (Å²) in [4.78, 5) is 0. The Morgan fingerprint density at radius 3 is 2.29 bits per heavy atom. The van der Waals surface area contributed by atoms with E-state index in [1.54, 1.807) is 12.1 Å². The second kappa shape index (κ2) is 6.50. The highest BCUT2D eigenvalue weighted by atomic mass is 32.2. The van der Waals surface area contributed by atoms with E-state index in [0.717, 1.165) is 31.2 Å². The van der Waals surface area contributed by atoms with Crippen LogP contribution in [0.3, 0.4) is 0 Å². The Kier molecular flexibility index (Phi) is 4.89. The highest BCUT2D eigenvalue weighted by molar-refractivity contribution is 7.86. The molecule has 2 fully saturated rings. The van der Waals surface area contributed by atoms with Crippen molar-refractivity contribution in [3.05, 3.63) is 35.6 Å². The minimum Gasteiger partial charge on any atom is -0.348 e. The Morgan fingerprint density at radius 1 is 1.12 bits per heavy atom. The van der Waals surface area contributed by atoms with E-state index in [0.29, 0.717) is 19.0 Å². The van der Waals surface area contributed by atoms with Gasteiger partial charge in [-0.1, -0.05) is 12.1 Å². The third-order valence-corrected chi connectivity index (χ3v) is 7.49. The maximum absolute atomic E-state index is 13.8. The largest absolute Gasteiger partial charge is 0.348 e.